The van der Waals surface area contributed by atoms with Crippen LogP contribution < -0.4 is 20.3 Å². The van der Waals surface area contributed by atoms with Gasteiger partial charge in [-0.2, -0.15) is 0 Å². The zero-order chi connectivity index (χ0) is 24.9. The van der Waals surface area contributed by atoms with Crippen LogP contribution >= 0.6 is 0 Å². The van der Waals surface area contributed by atoms with Crippen molar-refractivity contribution in [2.75, 3.05) is 35.7 Å². The number of benzene rings is 2. The van der Waals surface area contributed by atoms with Crippen molar-refractivity contribution in [3.63, 3.8) is 0 Å². The molecule has 1 aromatic heterocycles. The van der Waals surface area contributed by atoms with Crippen molar-refractivity contribution in [3.05, 3.63) is 54.1 Å². The predicted octanol–water partition coefficient (Wildman–Crippen LogP) is 5.39. The first-order chi connectivity index (χ1) is 16.8. The third-order valence-corrected chi connectivity index (χ3v) is 6.41. The predicted molar refractivity (Wildman–Crippen MR) is 141 cm³/mol. The lowest BCUT2D eigenvalue weighted by molar-refractivity contribution is -0.121. The van der Waals surface area contributed by atoms with Gasteiger partial charge in [-0.3, -0.25) is 9.59 Å². The molecule has 2 atom stereocenters. The Morgan fingerprint density at radius 3 is 2.29 bits per heavy atom. The lowest BCUT2D eigenvalue weighted by Gasteiger charge is -2.36. The summed E-state index contributed by atoms with van der Waals surface area (Å²) in [6, 6.07) is 15.0. The van der Waals surface area contributed by atoms with E-state index in [1.807, 2.05) is 18.2 Å². The number of amides is 2. The summed E-state index contributed by atoms with van der Waals surface area (Å²) in [5.74, 6) is 2.57. The minimum atomic E-state index is -0.221. The Bertz CT molecular complexity index is 1220. The van der Waals surface area contributed by atoms with Crippen LogP contribution in [0.5, 0.6) is 5.75 Å². The van der Waals surface area contributed by atoms with Gasteiger partial charge < -0.3 is 20.3 Å². The van der Waals surface area contributed by atoms with Gasteiger partial charge in [0, 0.05) is 48.8 Å². The second-order valence-corrected chi connectivity index (χ2v) is 9.71. The first kappa shape index (κ1) is 24.5. The van der Waals surface area contributed by atoms with Crippen molar-refractivity contribution < 1.29 is 14.3 Å². The highest BCUT2D eigenvalue weighted by Crippen LogP contribution is 2.29. The second-order valence-electron chi connectivity index (χ2n) is 9.71. The van der Waals surface area contributed by atoms with Gasteiger partial charge in [-0.05, 0) is 67.1 Å². The quantitative estimate of drug-likeness (QED) is 0.480. The number of aromatic nitrogens is 1. The Labute approximate surface area is 206 Å². The molecule has 1 aliphatic heterocycles. The van der Waals surface area contributed by atoms with Crippen molar-refractivity contribution in [1.82, 2.24) is 4.98 Å². The third-order valence-electron chi connectivity index (χ3n) is 6.41. The van der Waals surface area contributed by atoms with Crippen molar-refractivity contribution >= 4 is 39.9 Å². The second kappa shape index (κ2) is 10.8. The van der Waals surface area contributed by atoms with E-state index in [2.05, 4.69) is 42.4 Å². The Morgan fingerprint density at radius 1 is 0.971 bits per heavy atom. The average molecular weight is 475 g/mol. The van der Waals surface area contributed by atoms with Gasteiger partial charge in [0.1, 0.15) is 11.6 Å². The number of nitrogens with zero attached hydrogens (tertiary/aromatic N) is 2. The first-order valence-electron chi connectivity index (χ1n) is 12.2. The van der Waals surface area contributed by atoms with E-state index in [0.29, 0.717) is 29.0 Å². The fraction of sp³-hybridized carbons (Fsp3) is 0.393. The summed E-state index contributed by atoms with van der Waals surface area (Å²) in [5, 5.41) is 6.72. The van der Waals surface area contributed by atoms with E-state index in [1.165, 1.54) is 6.42 Å². The van der Waals surface area contributed by atoms with Gasteiger partial charge in [0.15, 0.2) is 0 Å². The van der Waals surface area contributed by atoms with Crippen LogP contribution in [0, 0.1) is 18.8 Å². The number of hydrogen-bond donors (Lipinski definition) is 2. The van der Waals surface area contributed by atoms with Crippen LogP contribution in [0.15, 0.2) is 48.5 Å². The van der Waals surface area contributed by atoms with Gasteiger partial charge in [-0.1, -0.05) is 19.9 Å². The number of aryl methyl sites for hydroxylation is 1. The van der Waals surface area contributed by atoms with Crippen LogP contribution in [0.4, 0.5) is 17.2 Å². The molecule has 0 radical (unpaired) electrons. The summed E-state index contributed by atoms with van der Waals surface area (Å²) in [7, 11) is 1.57. The molecule has 184 valence electrons. The van der Waals surface area contributed by atoms with Gasteiger partial charge in [0.05, 0.1) is 12.6 Å². The number of carbonyl (C=O) groups excluding carboxylic acids is 2. The number of ether oxygens (including phenoxy) is 1. The van der Waals surface area contributed by atoms with E-state index in [-0.39, 0.29) is 24.7 Å². The lowest BCUT2D eigenvalue weighted by Crippen LogP contribution is -2.39. The molecule has 1 fully saturated rings. The van der Waals surface area contributed by atoms with E-state index in [1.54, 1.807) is 31.4 Å². The molecular formula is C28H34N4O3. The highest BCUT2D eigenvalue weighted by Gasteiger charge is 2.23. The van der Waals surface area contributed by atoms with Gasteiger partial charge in [0.2, 0.25) is 11.8 Å². The number of carbonyl (C=O) groups is 2. The van der Waals surface area contributed by atoms with Crippen LogP contribution in [0.2, 0.25) is 0 Å². The topological polar surface area (TPSA) is 83.6 Å². The van der Waals surface area contributed by atoms with Crippen LogP contribution in [0.3, 0.4) is 0 Å². The molecule has 2 amide bonds. The van der Waals surface area contributed by atoms with Crippen molar-refractivity contribution in [2.45, 2.75) is 40.0 Å². The normalized spacial score (nSPS) is 17.8. The first-order valence-corrected chi connectivity index (χ1v) is 12.2. The van der Waals surface area contributed by atoms with E-state index >= 15 is 0 Å². The van der Waals surface area contributed by atoms with E-state index in [0.717, 1.165) is 35.4 Å². The summed E-state index contributed by atoms with van der Waals surface area (Å²) in [6.07, 6.45) is 1.44. The lowest BCUT2D eigenvalue weighted by atomic mass is 9.92. The molecule has 7 heteroatoms. The molecule has 0 aliphatic carbocycles. The van der Waals surface area contributed by atoms with Crippen LogP contribution in [0.1, 0.15) is 38.7 Å². The zero-order valence-corrected chi connectivity index (χ0v) is 20.9. The minimum absolute atomic E-state index is 0.0905. The molecule has 2 N–H and O–H groups in total. The maximum atomic E-state index is 12.5. The van der Waals surface area contributed by atoms with Gasteiger partial charge >= 0.3 is 0 Å². The number of rotatable bonds is 7. The molecule has 0 saturated carbocycles. The summed E-state index contributed by atoms with van der Waals surface area (Å²) in [5.41, 5.74) is 3.39. The van der Waals surface area contributed by atoms with Gasteiger partial charge in [-0.25, -0.2) is 4.98 Å². The average Bonchev–Trinajstić information content (AvgIpc) is 2.82. The zero-order valence-electron chi connectivity index (χ0n) is 20.9. The minimum Gasteiger partial charge on any atom is -0.497 e. The van der Waals surface area contributed by atoms with Crippen molar-refractivity contribution in [2.24, 2.45) is 11.8 Å². The molecule has 35 heavy (non-hydrogen) atoms. The molecule has 0 unspecified atom stereocenters. The summed E-state index contributed by atoms with van der Waals surface area (Å²) < 4.78 is 5.16. The molecule has 2 aromatic carbocycles. The molecule has 1 aliphatic rings. The number of nitrogens with one attached hydrogen (secondary N) is 2. The SMILES string of the molecule is COc1cccc(NC(=O)CCC(=O)Nc2ccc3nc(N4C[C@@H](C)C[C@H](C)C4)cc(C)c3c2)c1. The molecule has 3 aromatic rings. The van der Waals surface area contributed by atoms with Gasteiger partial charge in [-0.15, -0.1) is 0 Å². The fourth-order valence-electron chi connectivity index (χ4n) is 4.84. The Hall–Kier alpha value is -3.61. The van der Waals surface area contributed by atoms with E-state index in [4.69, 9.17) is 9.72 Å². The molecule has 1 saturated heterocycles. The van der Waals surface area contributed by atoms with E-state index in [9.17, 15) is 9.59 Å². The highest BCUT2D eigenvalue weighted by molar-refractivity contribution is 5.98. The number of methoxy groups -OCH3 is 1. The summed E-state index contributed by atoms with van der Waals surface area (Å²) in [6.45, 7) is 8.74. The molecule has 0 spiro atoms. The molecular weight excluding hydrogens is 440 g/mol. The number of piperidine rings is 1. The molecule has 4 rings (SSSR count). The van der Waals surface area contributed by atoms with E-state index < -0.39 is 0 Å². The smallest absolute Gasteiger partial charge is 0.224 e. The number of fused-ring (bicyclic) bond motifs is 1. The summed E-state index contributed by atoms with van der Waals surface area (Å²) >= 11 is 0. The monoisotopic (exact) mass is 474 g/mol. The molecule has 7 nitrogen and oxygen atoms in total. The van der Waals surface area contributed by atoms with Gasteiger partial charge in [0.25, 0.3) is 0 Å². The maximum Gasteiger partial charge on any atom is 0.224 e. The largest absolute Gasteiger partial charge is 0.497 e. The Kier molecular flexibility index (Phi) is 7.54. The Morgan fingerprint density at radius 2 is 1.63 bits per heavy atom. The molecule has 0 bridgehead atoms. The van der Waals surface area contributed by atoms with Crippen LogP contribution in [-0.4, -0.2) is 37.0 Å². The number of hydrogen-bond acceptors (Lipinski definition) is 5. The molecule has 2 heterocycles. The standard InChI is InChI=1S/C28H34N4O3/c1-18-12-19(2)17-32(16-18)26-13-20(3)24-15-22(8-9-25(24)31-26)30-28(34)11-10-27(33)29-21-6-5-7-23(14-21)35-4/h5-9,13-15,18-19H,10-12,16-17H2,1-4H3,(H,29,33)(H,30,34)/t18-,19-/m0/s1. The van der Waals surface area contributed by atoms with Crippen molar-refractivity contribution in [3.8, 4) is 5.75 Å². The Balaban J connectivity index is 1.37. The fourth-order valence-corrected chi connectivity index (χ4v) is 4.84. The summed E-state index contributed by atoms with van der Waals surface area (Å²) in [4.78, 5) is 32.0. The maximum absolute atomic E-state index is 12.5. The van der Waals surface area contributed by atoms with Crippen molar-refractivity contribution in [1.29, 1.82) is 0 Å². The number of anilines is 3. The van der Waals surface area contributed by atoms with Crippen LogP contribution in [-0.2, 0) is 9.59 Å². The number of pyridine rings is 1. The third kappa shape index (κ3) is 6.29. The van der Waals surface area contributed by atoms with Crippen LogP contribution in [0.25, 0.3) is 10.9 Å². The highest BCUT2D eigenvalue weighted by atomic mass is 16.5.